The van der Waals surface area contributed by atoms with Crippen molar-refractivity contribution in [3.63, 3.8) is 0 Å². The largest absolute Gasteiger partial charge is 0.437 e. The van der Waals surface area contributed by atoms with Crippen LogP contribution in [0.15, 0.2) is 30.6 Å². The first-order valence-electron chi connectivity index (χ1n) is 6.06. The lowest BCUT2D eigenvalue weighted by Crippen LogP contribution is -2.08. The van der Waals surface area contributed by atoms with E-state index in [-0.39, 0.29) is 5.88 Å². The lowest BCUT2D eigenvalue weighted by Gasteiger charge is -2.09. The molecule has 0 atom stereocenters. The molecule has 0 aliphatic carbocycles. The van der Waals surface area contributed by atoms with E-state index in [9.17, 15) is 13.2 Å². The number of rotatable bonds is 3. The van der Waals surface area contributed by atoms with Crippen molar-refractivity contribution in [2.75, 3.05) is 0 Å². The van der Waals surface area contributed by atoms with Gasteiger partial charge in [-0.3, -0.25) is 0 Å². The molecule has 0 aliphatic rings. The van der Waals surface area contributed by atoms with E-state index in [0.717, 1.165) is 23.7 Å². The average molecular weight is 282 g/mol. The molecule has 2 rings (SSSR count). The summed E-state index contributed by atoms with van der Waals surface area (Å²) >= 11 is 0. The summed E-state index contributed by atoms with van der Waals surface area (Å²) in [6, 6.07) is 5.64. The first kappa shape index (κ1) is 14.3. The Morgan fingerprint density at radius 3 is 2.40 bits per heavy atom. The van der Waals surface area contributed by atoms with Crippen LogP contribution in [-0.4, -0.2) is 9.97 Å². The van der Waals surface area contributed by atoms with E-state index in [1.807, 2.05) is 26.0 Å². The normalized spacial score (nSPS) is 11.4. The van der Waals surface area contributed by atoms with Gasteiger partial charge in [0.1, 0.15) is 5.75 Å². The van der Waals surface area contributed by atoms with Gasteiger partial charge in [-0.15, -0.1) is 0 Å². The van der Waals surface area contributed by atoms with E-state index < -0.39 is 11.9 Å². The Morgan fingerprint density at radius 2 is 1.85 bits per heavy atom. The summed E-state index contributed by atoms with van der Waals surface area (Å²) in [5.74, 6) is 0.571. The lowest BCUT2D eigenvalue weighted by molar-refractivity contribution is -0.141. The highest BCUT2D eigenvalue weighted by atomic mass is 19.4. The summed E-state index contributed by atoms with van der Waals surface area (Å²) in [7, 11) is 0. The molecule has 1 aromatic carbocycles. The van der Waals surface area contributed by atoms with E-state index in [0.29, 0.717) is 11.9 Å². The minimum absolute atomic E-state index is 0.0330. The second kappa shape index (κ2) is 5.48. The Morgan fingerprint density at radius 1 is 1.10 bits per heavy atom. The molecule has 0 aliphatic heterocycles. The lowest BCUT2D eigenvalue weighted by atomic mass is 10.1. The second-order valence-corrected chi connectivity index (χ2v) is 4.35. The van der Waals surface area contributed by atoms with Crippen LogP contribution in [0.2, 0.25) is 0 Å². The van der Waals surface area contributed by atoms with E-state index in [2.05, 4.69) is 9.97 Å². The molecule has 3 nitrogen and oxygen atoms in total. The van der Waals surface area contributed by atoms with Gasteiger partial charge in [0.15, 0.2) is 5.69 Å². The number of aryl methyl sites for hydroxylation is 2. The van der Waals surface area contributed by atoms with Crippen LogP contribution in [0, 0.1) is 6.92 Å². The summed E-state index contributed by atoms with van der Waals surface area (Å²) in [6.07, 6.45) is -2.02. The molecular formula is C14H13F3N2O. The van der Waals surface area contributed by atoms with Crippen molar-refractivity contribution in [3.8, 4) is 11.6 Å². The fourth-order valence-electron chi connectivity index (χ4n) is 1.72. The molecule has 20 heavy (non-hydrogen) atoms. The SMILES string of the molecule is CCc1cc(C)cc(Oc2cnc(C(F)(F)F)cn2)c1. The molecule has 6 heteroatoms. The molecule has 0 fully saturated rings. The van der Waals surface area contributed by atoms with Gasteiger partial charge in [-0.25, -0.2) is 9.97 Å². The third-order valence-electron chi connectivity index (χ3n) is 2.66. The minimum atomic E-state index is -4.50. The van der Waals surface area contributed by atoms with Crippen LogP contribution in [0.4, 0.5) is 13.2 Å². The van der Waals surface area contributed by atoms with Crippen LogP contribution in [0.3, 0.4) is 0 Å². The number of ether oxygens (including phenoxy) is 1. The third kappa shape index (κ3) is 3.46. The molecular weight excluding hydrogens is 269 g/mol. The number of nitrogens with zero attached hydrogens (tertiary/aromatic N) is 2. The monoisotopic (exact) mass is 282 g/mol. The zero-order valence-electron chi connectivity index (χ0n) is 11.0. The van der Waals surface area contributed by atoms with Gasteiger partial charge in [0.25, 0.3) is 0 Å². The van der Waals surface area contributed by atoms with Crippen molar-refractivity contribution in [2.45, 2.75) is 26.4 Å². The number of hydrogen-bond acceptors (Lipinski definition) is 3. The Balaban J connectivity index is 2.20. The summed E-state index contributed by atoms with van der Waals surface area (Å²) in [5.41, 5.74) is 1.06. The number of aromatic nitrogens is 2. The standard InChI is InChI=1S/C14H13F3N2O/c1-3-10-4-9(2)5-11(6-10)20-13-8-18-12(7-19-13)14(15,16)17/h4-8H,3H2,1-2H3. The molecule has 106 valence electrons. The van der Waals surface area contributed by atoms with E-state index >= 15 is 0 Å². The summed E-state index contributed by atoms with van der Waals surface area (Å²) in [5, 5.41) is 0. The van der Waals surface area contributed by atoms with Gasteiger partial charge in [0.05, 0.1) is 12.4 Å². The molecule has 0 saturated carbocycles. The number of halogens is 3. The van der Waals surface area contributed by atoms with E-state index in [1.165, 1.54) is 0 Å². The van der Waals surface area contributed by atoms with Gasteiger partial charge in [0, 0.05) is 0 Å². The van der Waals surface area contributed by atoms with Crippen LogP contribution in [0.5, 0.6) is 11.6 Å². The number of benzene rings is 1. The summed E-state index contributed by atoms with van der Waals surface area (Å²) in [4.78, 5) is 6.92. The highest BCUT2D eigenvalue weighted by molar-refractivity contribution is 5.35. The molecule has 0 bridgehead atoms. The third-order valence-corrected chi connectivity index (χ3v) is 2.66. The molecule has 2 aromatic rings. The predicted molar refractivity (Wildman–Crippen MR) is 67.7 cm³/mol. The summed E-state index contributed by atoms with van der Waals surface area (Å²) in [6.45, 7) is 3.93. The van der Waals surface area contributed by atoms with Crippen molar-refractivity contribution >= 4 is 0 Å². The minimum Gasteiger partial charge on any atom is -0.437 e. The molecule has 0 N–H and O–H groups in total. The fourth-order valence-corrected chi connectivity index (χ4v) is 1.72. The molecule has 0 spiro atoms. The molecule has 0 radical (unpaired) electrons. The Labute approximate surface area is 114 Å². The maximum absolute atomic E-state index is 12.4. The van der Waals surface area contributed by atoms with Crippen molar-refractivity contribution < 1.29 is 17.9 Å². The second-order valence-electron chi connectivity index (χ2n) is 4.35. The maximum Gasteiger partial charge on any atom is 0.434 e. The predicted octanol–water partition coefficient (Wildman–Crippen LogP) is 4.16. The van der Waals surface area contributed by atoms with Gasteiger partial charge in [-0.05, 0) is 36.6 Å². The van der Waals surface area contributed by atoms with Gasteiger partial charge < -0.3 is 4.74 Å². The van der Waals surface area contributed by atoms with Gasteiger partial charge >= 0.3 is 6.18 Å². The Bertz CT molecular complexity index is 594. The van der Waals surface area contributed by atoms with Gasteiger partial charge in [0.2, 0.25) is 5.88 Å². The van der Waals surface area contributed by atoms with E-state index in [4.69, 9.17) is 4.74 Å². The average Bonchev–Trinajstić information content (AvgIpc) is 2.37. The highest BCUT2D eigenvalue weighted by Gasteiger charge is 2.32. The first-order valence-corrected chi connectivity index (χ1v) is 6.06. The van der Waals surface area contributed by atoms with Crippen LogP contribution in [0.25, 0.3) is 0 Å². The zero-order valence-corrected chi connectivity index (χ0v) is 11.0. The first-order chi connectivity index (χ1) is 9.38. The highest BCUT2D eigenvalue weighted by Crippen LogP contribution is 2.28. The Kier molecular flexibility index (Phi) is 3.92. The quantitative estimate of drug-likeness (QED) is 0.848. The van der Waals surface area contributed by atoms with Crippen LogP contribution in [0.1, 0.15) is 23.7 Å². The fraction of sp³-hybridized carbons (Fsp3) is 0.286. The van der Waals surface area contributed by atoms with Gasteiger partial charge in [-0.2, -0.15) is 13.2 Å². The molecule has 0 amide bonds. The Hall–Kier alpha value is -2.11. The van der Waals surface area contributed by atoms with Crippen molar-refractivity contribution in [2.24, 2.45) is 0 Å². The molecule has 1 aromatic heterocycles. The summed E-state index contributed by atoms with van der Waals surface area (Å²) < 4.78 is 42.5. The smallest absolute Gasteiger partial charge is 0.434 e. The maximum atomic E-state index is 12.4. The van der Waals surface area contributed by atoms with E-state index in [1.54, 1.807) is 6.07 Å². The topological polar surface area (TPSA) is 35.0 Å². The number of alkyl halides is 3. The van der Waals surface area contributed by atoms with Gasteiger partial charge in [-0.1, -0.05) is 13.0 Å². The molecule has 1 heterocycles. The number of hydrogen-bond donors (Lipinski definition) is 0. The molecule has 0 saturated heterocycles. The van der Waals surface area contributed by atoms with Crippen LogP contribution in [-0.2, 0) is 12.6 Å². The van der Waals surface area contributed by atoms with Crippen molar-refractivity contribution in [1.82, 2.24) is 9.97 Å². The van der Waals surface area contributed by atoms with Crippen LogP contribution < -0.4 is 4.74 Å². The van der Waals surface area contributed by atoms with Crippen molar-refractivity contribution in [1.29, 1.82) is 0 Å². The zero-order chi connectivity index (χ0) is 14.8. The van der Waals surface area contributed by atoms with Crippen molar-refractivity contribution in [3.05, 3.63) is 47.4 Å². The molecule has 0 unspecified atom stereocenters. The van der Waals surface area contributed by atoms with Crippen LogP contribution >= 0.6 is 0 Å².